The summed E-state index contributed by atoms with van der Waals surface area (Å²) in [6.45, 7) is 4.28. The summed E-state index contributed by atoms with van der Waals surface area (Å²) in [7, 11) is 0. The van der Waals surface area contributed by atoms with Crippen molar-refractivity contribution in [2.75, 3.05) is 0 Å². The van der Waals surface area contributed by atoms with Gasteiger partial charge in [-0.1, -0.05) is 25.4 Å². The Balaban J connectivity index is 2.09. The molecule has 0 fully saturated rings. The Kier molecular flexibility index (Phi) is 4.90. The van der Waals surface area contributed by atoms with Gasteiger partial charge in [0.2, 0.25) is 0 Å². The molecule has 0 radical (unpaired) electrons. The summed E-state index contributed by atoms with van der Waals surface area (Å²) in [6, 6.07) is 5.56. The summed E-state index contributed by atoms with van der Waals surface area (Å²) in [6.07, 6.45) is 5.84. The fraction of sp³-hybridized carbons (Fsp3) is 0.400. The highest BCUT2D eigenvalue weighted by Crippen LogP contribution is 2.15. The largest absolute Gasteiger partial charge is 0.294 e. The molecule has 0 N–H and O–H groups in total. The van der Waals surface area contributed by atoms with E-state index in [2.05, 4.69) is 23.9 Å². The second-order valence-corrected chi connectivity index (χ2v) is 5.11. The van der Waals surface area contributed by atoms with E-state index in [0.717, 1.165) is 18.5 Å². The number of carbonyl (C=O) groups excluding carboxylic acids is 1. The fourth-order valence-electron chi connectivity index (χ4n) is 2.18. The zero-order valence-corrected chi connectivity index (χ0v) is 12.5. The van der Waals surface area contributed by atoms with Gasteiger partial charge in [-0.25, -0.2) is 4.98 Å². The standard InChI is InChI=1S/C15H18ClN3O/c1-3-13(4-2)19-8-6-12(18-19)10-14(20)11-5-7-17-15(16)9-11/h5-9,13H,3-4,10H2,1-2H3. The molecule has 0 bridgehead atoms. The molecule has 0 spiro atoms. The van der Waals surface area contributed by atoms with Gasteiger partial charge in [-0.2, -0.15) is 5.10 Å². The van der Waals surface area contributed by atoms with E-state index in [1.807, 2.05) is 16.9 Å². The maximum Gasteiger partial charge on any atom is 0.169 e. The van der Waals surface area contributed by atoms with Crippen LogP contribution in [0.25, 0.3) is 0 Å². The Bertz CT molecular complexity index is 590. The number of nitrogens with zero attached hydrogens (tertiary/aromatic N) is 3. The Morgan fingerprint density at radius 2 is 2.10 bits per heavy atom. The number of pyridine rings is 1. The van der Waals surface area contributed by atoms with Crippen LogP contribution >= 0.6 is 11.6 Å². The number of Topliss-reactive ketones (excluding diaryl/α,β-unsaturated/α-hetero) is 1. The lowest BCUT2D eigenvalue weighted by atomic mass is 10.1. The molecule has 4 nitrogen and oxygen atoms in total. The SMILES string of the molecule is CCC(CC)n1ccc(CC(=O)c2ccnc(Cl)c2)n1. The molecule has 2 aromatic rings. The van der Waals surface area contributed by atoms with Crippen LogP contribution in [-0.4, -0.2) is 20.5 Å². The molecule has 0 unspecified atom stereocenters. The second kappa shape index (κ2) is 6.66. The predicted molar refractivity (Wildman–Crippen MR) is 79.1 cm³/mol. The van der Waals surface area contributed by atoms with Gasteiger partial charge in [-0.05, 0) is 31.0 Å². The highest BCUT2D eigenvalue weighted by molar-refractivity contribution is 6.29. The predicted octanol–water partition coefficient (Wildman–Crippen LogP) is 3.72. The van der Waals surface area contributed by atoms with Crippen molar-refractivity contribution >= 4 is 17.4 Å². The smallest absolute Gasteiger partial charge is 0.169 e. The molecule has 5 heteroatoms. The quantitative estimate of drug-likeness (QED) is 0.602. The van der Waals surface area contributed by atoms with Crippen LogP contribution in [0.5, 0.6) is 0 Å². The molecule has 20 heavy (non-hydrogen) atoms. The number of carbonyl (C=O) groups is 1. The third-order valence-electron chi connectivity index (χ3n) is 3.37. The molecule has 2 aromatic heterocycles. The molecular formula is C15H18ClN3O. The van der Waals surface area contributed by atoms with E-state index in [0.29, 0.717) is 16.8 Å². The van der Waals surface area contributed by atoms with Crippen molar-refractivity contribution < 1.29 is 4.79 Å². The number of hydrogen-bond acceptors (Lipinski definition) is 3. The summed E-state index contributed by atoms with van der Waals surface area (Å²) >= 11 is 5.79. The third-order valence-corrected chi connectivity index (χ3v) is 3.58. The lowest BCUT2D eigenvalue weighted by molar-refractivity contribution is 0.0991. The summed E-state index contributed by atoms with van der Waals surface area (Å²) in [4.78, 5) is 16.0. The Morgan fingerprint density at radius 1 is 1.35 bits per heavy atom. The monoisotopic (exact) mass is 291 g/mol. The highest BCUT2D eigenvalue weighted by Gasteiger charge is 2.12. The molecule has 0 aliphatic heterocycles. The maximum absolute atomic E-state index is 12.1. The van der Waals surface area contributed by atoms with Crippen LogP contribution < -0.4 is 0 Å². The van der Waals surface area contributed by atoms with Crippen molar-refractivity contribution in [3.63, 3.8) is 0 Å². The van der Waals surface area contributed by atoms with Gasteiger partial charge in [0.1, 0.15) is 5.15 Å². The van der Waals surface area contributed by atoms with Gasteiger partial charge in [-0.15, -0.1) is 0 Å². The fourth-order valence-corrected chi connectivity index (χ4v) is 2.35. The zero-order chi connectivity index (χ0) is 14.5. The number of halogens is 1. The zero-order valence-electron chi connectivity index (χ0n) is 11.7. The minimum absolute atomic E-state index is 0.00379. The number of rotatable bonds is 6. The van der Waals surface area contributed by atoms with E-state index in [1.54, 1.807) is 18.3 Å². The van der Waals surface area contributed by atoms with E-state index in [4.69, 9.17) is 11.6 Å². The van der Waals surface area contributed by atoms with E-state index in [9.17, 15) is 4.79 Å². The van der Waals surface area contributed by atoms with Crippen LogP contribution in [0.15, 0.2) is 30.6 Å². The van der Waals surface area contributed by atoms with Crippen LogP contribution in [0.3, 0.4) is 0 Å². The van der Waals surface area contributed by atoms with Crippen LogP contribution in [0.1, 0.15) is 48.8 Å². The van der Waals surface area contributed by atoms with Gasteiger partial charge in [-0.3, -0.25) is 9.48 Å². The minimum atomic E-state index is 0.00379. The van der Waals surface area contributed by atoms with Crippen molar-refractivity contribution in [1.82, 2.24) is 14.8 Å². The van der Waals surface area contributed by atoms with Gasteiger partial charge in [0.25, 0.3) is 0 Å². The first-order chi connectivity index (χ1) is 9.63. The first-order valence-corrected chi connectivity index (χ1v) is 7.20. The Morgan fingerprint density at radius 3 is 2.75 bits per heavy atom. The summed E-state index contributed by atoms with van der Waals surface area (Å²) in [5.41, 5.74) is 1.36. The van der Waals surface area contributed by atoms with Crippen LogP contribution in [0.4, 0.5) is 0 Å². The minimum Gasteiger partial charge on any atom is -0.294 e. The average Bonchev–Trinajstić information content (AvgIpc) is 2.88. The molecule has 2 heterocycles. The number of ketones is 1. The summed E-state index contributed by atoms with van der Waals surface area (Å²) < 4.78 is 1.95. The van der Waals surface area contributed by atoms with Crippen molar-refractivity contribution in [1.29, 1.82) is 0 Å². The van der Waals surface area contributed by atoms with Gasteiger partial charge in [0.05, 0.1) is 18.2 Å². The molecule has 2 rings (SSSR count). The molecule has 106 valence electrons. The van der Waals surface area contributed by atoms with Crippen LogP contribution in [0.2, 0.25) is 5.15 Å². The molecule has 0 saturated heterocycles. The van der Waals surface area contributed by atoms with Crippen LogP contribution in [0, 0.1) is 0 Å². The number of hydrogen-bond donors (Lipinski definition) is 0. The van der Waals surface area contributed by atoms with E-state index in [-0.39, 0.29) is 12.2 Å². The molecule has 0 amide bonds. The second-order valence-electron chi connectivity index (χ2n) is 4.72. The van der Waals surface area contributed by atoms with E-state index < -0.39 is 0 Å². The van der Waals surface area contributed by atoms with Gasteiger partial charge in [0.15, 0.2) is 5.78 Å². The van der Waals surface area contributed by atoms with Crippen molar-refractivity contribution in [3.05, 3.63) is 47.0 Å². The molecule has 0 saturated carbocycles. The highest BCUT2D eigenvalue weighted by atomic mass is 35.5. The van der Waals surface area contributed by atoms with Gasteiger partial charge >= 0.3 is 0 Å². The summed E-state index contributed by atoms with van der Waals surface area (Å²) in [5, 5.41) is 4.82. The third kappa shape index (κ3) is 3.45. The molecule has 0 aromatic carbocycles. The lowest BCUT2D eigenvalue weighted by Crippen LogP contribution is -2.09. The first-order valence-electron chi connectivity index (χ1n) is 6.82. The molecule has 0 atom stereocenters. The average molecular weight is 292 g/mol. The first kappa shape index (κ1) is 14.7. The topological polar surface area (TPSA) is 47.8 Å². The Hall–Kier alpha value is -1.68. The maximum atomic E-state index is 12.1. The van der Waals surface area contributed by atoms with Crippen molar-refractivity contribution in [3.8, 4) is 0 Å². The Labute approximate surface area is 123 Å². The van der Waals surface area contributed by atoms with E-state index >= 15 is 0 Å². The summed E-state index contributed by atoms with van der Waals surface area (Å²) in [5.74, 6) is 0.00379. The molecular weight excluding hydrogens is 274 g/mol. The van der Waals surface area contributed by atoms with Crippen LogP contribution in [-0.2, 0) is 6.42 Å². The van der Waals surface area contributed by atoms with Gasteiger partial charge in [0, 0.05) is 18.0 Å². The molecule has 0 aliphatic carbocycles. The molecule has 0 aliphatic rings. The normalized spacial score (nSPS) is 11.0. The van der Waals surface area contributed by atoms with Crippen molar-refractivity contribution in [2.24, 2.45) is 0 Å². The van der Waals surface area contributed by atoms with Crippen molar-refractivity contribution in [2.45, 2.75) is 39.2 Å². The van der Waals surface area contributed by atoms with Gasteiger partial charge < -0.3 is 0 Å². The lowest BCUT2D eigenvalue weighted by Gasteiger charge is -2.12. The number of aromatic nitrogens is 3. The van der Waals surface area contributed by atoms with E-state index in [1.165, 1.54) is 0 Å².